The van der Waals surface area contributed by atoms with Gasteiger partial charge in [0.15, 0.2) is 0 Å². The van der Waals surface area contributed by atoms with Crippen LogP contribution in [0.25, 0.3) is 10.8 Å². The molecule has 0 aliphatic heterocycles. The number of pyridine rings is 2. The maximum absolute atomic E-state index is 5.70. The molecule has 0 saturated carbocycles. The first kappa shape index (κ1) is 8.07. The third kappa shape index (κ3) is 1.25. The van der Waals surface area contributed by atoms with E-state index in [0.717, 1.165) is 10.8 Å². The number of hydrogen-bond acceptors (Lipinski definition) is 4. The van der Waals surface area contributed by atoms with Crippen molar-refractivity contribution in [1.82, 2.24) is 9.97 Å². The third-order valence-electron chi connectivity index (χ3n) is 1.81. The van der Waals surface area contributed by atoms with E-state index in [0.29, 0.717) is 16.7 Å². The highest BCUT2D eigenvalue weighted by Gasteiger charge is 2.03. The van der Waals surface area contributed by atoms with E-state index in [4.69, 9.17) is 23.1 Å². The molecule has 2 heterocycles. The van der Waals surface area contributed by atoms with Crippen LogP contribution in [0.5, 0.6) is 0 Å². The van der Waals surface area contributed by atoms with Gasteiger partial charge >= 0.3 is 0 Å². The molecule has 0 aliphatic rings. The molecule has 2 aromatic heterocycles. The molecule has 4 N–H and O–H groups in total. The highest BCUT2D eigenvalue weighted by Crippen LogP contribution is 2.24. The van der Waals surface area contributed by atoms with E-state index in [9.17, 15) is 0 Å². The summed E-state index contributed by atoms with van der Waals surface area (Å²) in [5, 5.41) is 2.03. The van der Waals surface area contributed by atoms with Crippen molar-refractivity contribution >= 4 is 33.9 Å². The zero-order valence-electron chi connectivity index (χ0n) is 6.66. The molecule has 0 amide bonds. The van der Waals surface area contributed by atoms with Crippen molar-refractivity contribution in [3.05, 3.63) is 23.6 Å². The molecule has 0 bridgehead atoms. The Morgan fingerprint density at radius 3 is 2.69 bits per heavy atom. The van der Waals surface area contributed by atoms with Crippen LogP contribution in [-0.4, -0.2) is 9.97 Å². The van der Waals surface area contributed by atoms with Crippen molar-refractivity contribution in [3.8, 4) is 0 Å². The summed E-state index contributed by atoms with van der Waals surface area (Å²) in [6.07, 6.45) is 3.21. The van der Waals surface area contributed by atoms with Crippen molar-refractivity contribution in [2.24, 2.45) is 0 Å². The van der Waals surface area contributed by atoms with Gasteiger partial charge in [0.25, 0.3) is 0 Å². The van der Waals surface area contributed by atoms with Crippen molar-refractivity contribution in [2.75, 3.05) is 11.5 Å². The summed E-state index contributed by atoms with van der Waals surface area (Å²) in [4.78, 5) is 7.83. The van der Waals surface area contributed by atoms with E-state index in [1.165, 1.54) is 0 Å². The second kappa shape index (κ2) is 2.74. The summed E-state index contributed by atoms with van der Waals surface area (Å²) in [6, 6.07) is 1.69. The van der Waals surface area contributed by atoms with Gasteiger partial charge in [0, 0.05) is 23.2 Å². The van der Waals surface area contributed by atoms with Crippen LogP contribution in [0.4, 0.5) is 11.5 Å². The van der Waals surface area contributed by atoms with Crippen LogP contribution in [0.2, 0.25) is 5.15 Å². The van der Waals surface area contributed by atoms with E-state index < -0.39 is 0 Å². The van der Waals surface area contributed by atoms with Gasteiger partial charge in [-0.1, -0.05) is 11.6 Å². The largest absolute Gasteiger partial charge is 0.395 e. The minimum absolute atomic E-state index is 0.316. The van der Waals surface area contributed by atoms with Gasteiger partial charge in [0.2, 0.25) is 0 Å². The smallest absolute Gasteiger partial charge is 0.147 e. The summed E-state index contributed by atoms with van der Waals surface area (Å²) in [7, 11) is 0. The Kier molecular flexibility index (Phi) is 1.70. The van der Waals surface area contributed by atoms with Crippen molar-refractivity contribution in [3.63, 3.8) is 0 Å². The molecule has 66 valence electrons. The Bertz CT molecular complexity index is 469. The maximum Gasteiger partial charge on any atom is 0.147 e. The Labute approximate surface area is 79.5 Å². The third-order valence-corrected chi connectivity index (χ3v) is 2.02. The molecule has 0 aromatic carbocycles. The average Bonchev–Trinajstić information content (AvgIpc) is 2.12. The van der Waals surface area contributed by atoms with Crippen LogP contribution in [0.15, 0.2) is 18.5 Å². The Morgan fingerprint density at radius 1 is 1.15 bits per heavy atom. The molecule has 2 rings (SSSR count). The van der Waals surface area contributed by atoms with E-state index in [-0.39, 0.29) is 0 Å². The van der Waals surface area contributed by atoms with E-state index in [1.807, 2.05) is 0 Å². The normalized spacial score (nSPS) is 10.5. The highest BCUT2D eigenvalue weighted by molar-refractivity contribution is 6.30. The molecule has 0 saturated heterocycles. The molecule has 0 unspecified atom stereocenters. The number of nitrogen functional groups attached to an aromatic ring is 2. The zero-order valence-corrected chi connectivity index (χ0v) is 7.42. The number of anilines is 2. The lowest BCUT2D eigenvalue weighted by Crippen LogP contribution is -1.98. The van der Waals surface area contributed by atoms with Gasteiger partial charge in [-0.15, -0.1) is 0 Å². The predicted molar refractivity (Wildman–Crippen MR) is 53.4 cm³/mol. The number of fused-ring (bicyclic) bond motifs is 1. The van der Waals surface area contributed by atoms with Gasteiger partial charge in [0.1, 0.15) is 11.0 Å². The van der Waals surface area contributed by atoms with Crippen molar-refractivity contribution < 1.29 is 0 Å². The summed E-state index contributed by atoms with van der Waals surface area (Å²) >= 11 is 5.70. The van der Waals surface area contributed by atoms with Crippen LogP contribution >= 0.6 is 11.6 Å². The minimum Gasteiger partial charge on any atom is -0.395 e. The molecular formula is C8H7ClN4. The fraction of sp³-hybridized carbons (Fsp3) is 0. The fourth-order valence-electron chi connectivity index (χ4n) is 1.12. The second-order valence-corrected chi connectivity index (χ2v) is 3.04. The topological polar surface area (TPSA) is 77.8 Å². The van der Waals surface area contributed by atoms with Gasteiger partial charge in [-0.25, -0.2) is 9.97 Å². The predicted octanol–water partition coefficient (Wildman–Crippen LogP) is 1.45. The first-order chi connectivity index (χ1) is 6.18. The average molecular weight is 195 g/mol. The molecule has 0 atom stereocenters. The van der Waals surface area contributed by atoms with Gasteiger partial charge in [-0.3, -0.25) is 0 Å². The Hall–Kier alpha value is -1.55. The van der Waals surface area contributed by atoms with Crippen molar-refractivity contribution in [1.29, 1.82) is 0 Å². The van der Waals surface area contributed by atoms with Gasteiger partial charge in [-0.05, 0) is 6.07 Å². The summed E-state index contributed by atoms with van der Waals surface area (Å²) in [5.41, 5.74) is 11.7. The zero-order chi connectivity index (χ0) is 9.42. The number of aromatic nitrogens is 2. The molecule has 0 spiro atoms. The van der Waals surface area contributed by atoms with Crippen LogP contribution < -0.4 is 11.5 Å². The van der Waals surface area contributed by atoms with Crippen LogP contribution in [0, 0.1) is 0 Å². The second-order valence-electron chi connectivity index (χ2n) is 2.65. The fourth-order valence-corrected chi connectivity index (χ4v) is 1.29. The minimum atomic E-state index is 0.316. The quantitative estimate of drug-likeness (QED) is 0.623. The molecule has 4 nitrogen and oxygen atoms in total. The van der Waals surface area contributed by atoms with Crippen LogP contribution in [0.3, 0.4) is 0 Å². The lowest BCUT2D eigenvalue weighted by molar-refractivity contribution is 1.33. The number of nitrogens with zero attached hydrogens (tertiary/aromatic N) is 2. The molecule has 13 heavy (non-hydrogen) atoms. The Morgan fingerprint density at radius 2 is 1.92 bits per heavy atom. The standard InChI is InChI=1S/C8H7ClN4/c9-6-1-4-2-13-8(11)7(10)5(4)3-12-6/h1-3H,10H2,(H2,11,13). The molecule has 0 aliphatic carbocycles. The van der Waals surface area contributed by atoms with E-state index in [2.05, 4.69) is 9.97 Å². The molecule has 5 heteroatoms. The lowest BCUT2D eigenvalue weighted by atomic mass is 10.2. The number of halogens is 1. The number of nitrogens with two attached hydrogens (primary N) is 2. The van der Waals surface area contributed by atoms with E-state index >= 15 is 0 Å². The Balaban J connectivity index is 2.87. The summed E-state index contributed by atoms with van der Waals surface area (Å²) in [6.45, 7) is 0. The van der Waals surface area contributed by atoms with Gasteiger partial charge in [0.05, 0.1) is 5.69 Å². The molecular weight excluding hydrogens is 188 g/mol. The number of hydrogen-bond donors (Lipinski definition) is 2. The van der Waals surface area contributed by atoms with Crippen molar-refractivity contribution in [2.45, 2.75) is 0 Å². The first-order valence-corrected chi connectivity index (χ1v) is 4.01. The molecule has 0 radical (unpaired) electrons. The molecule has 0 fully saturated rings. The SMILES string of the molecule is Nc1ncc2cc(Cl)ncc2c1N. The lowest BCUT2D eigenvalue weighted by Gasteiger charge is -2.03. The maximum atomic E-state index is 5.70. The first-order valence-electron chi connectivity index (χ1n) is 3.63. The summed E-state index contributed by atoms with van der Waals surface area (Å²) in [5.74, 6) is 0.316. The van der Waals surface area contributed by atoms with Crippen LogP contribution in [-0.2, 0) is 0 Å². The number of rotatable bonds is 0. The van der Waals surface area contributed by atoms with Gasteiger partial charge in [-0.2, -0.15) is 0 Å². The van der Waals surface area contributed by atoms with Gasteiger partial charge < -0.3 is 11.5 Å². The van der Waals surface area contributed by atoms with E-state index in [1.54, 1.807) is 18.5 Å². The van der Waals surface area contributed by atoms with Crippen LogP contribution in [0.1, 0.15) is 0 Å². The molecule has 2 aromatic rings. The summed E-state index contributed by atoms with van der Waals surface area (Å²) < 4.78 is 0. The highest BCUT2D eigenvalue weighted by atomic mass is 35.5. The monoisotopic (exact) mass is 194 g/mol.